The van der Waals surface area contributed by atoms with Gasteiger partial charge in [-0.2, -0.15) is 15.0 Å². The number of nitrogens with one attached hydrogen (secondary N) is 2. The van der Waals surface area contributed by atoms with Crippen LogP contribution in [0.5, 0.6) is 6.01 Å². The van der Waals surface area contributed by atoms with Crippen LogP contribution in [0.25, 0.3) is 0 Å². The first-order valence-electron chi connectivity index (χ1n) is 6.47. The van der Waals surface area contributed by atoms with Gasteiger partial charge in [-0.1, -0.05) is 0 Å². The van der Waals surface area contributed by atoms with Crippen LogP contribution in [0.1, 0.15) is 27.7 Å². The zero-order valence-corrected chi connectivity index (χ0v) is 12.4. The van der Waals surface area contributed by atoms with Gasteiger partial charge in [0.05, 0.1) is 13.2 Å². The monoisotopic (exact) mass is 283 g/mol. The number of hydrogen-bond donors (Lipinski definition) is 2. The molecule has 1 aromatic heterocycles. The summed E-state index contributed by atoms with van der Waals surface area (Å²) in [5, 5.41) is 5.83. The van der Waals surface area contributed by atoms with Crippen LogP contribution in [-0.4, -0.2) is 46.7 Å². The molecule has 2 N–H and O–H groups in total. The Kier molecular flexibility index (Phi) is 5.95. The van der Waals surface area contributed by atoms with E-state index in [9.17, 15) is 4.79 Å². The molecular weight excluding hydrogens is 262 g/mol. The van der Waals surface area contributed by atoms with Gasteiger partial charge in [0.25, 0.3) is 0 Å². The highest BCUT2D eigenvalue weighted by atomic mass is 16.5. The molecule has 0 saturated carbocycles. The molecule has 1 heterocycles. The smallest absolute Gasteiger partial charge is 0.328 e. The number of aromatic nitrogens is 3. The van der Waals surface area contributed by atoms with E-state index in [0.717, 1.165) is 0 Å². The van der Waals surface area contributed by atoms with E-state index >= 15 is 0 Å². The summed E-state index contributed by atoms with van der Waals surface area (Å²) in [6, 6.07) is -0.366. The largest absolute Gasteiger partial charge is 0.467 e. The molecule has 1 unspecified atom stereocenters. The average Bonchev–Trinajstić information content (AvgIpc) is 2.36. The molecule has 20 heavy (non-hydrogen) atoms. The Hall–Kier alpha value is -2.12. The number of carbonyl (C=O) groups excluding carboxylic acids is 1. The van der Waals surface area contributed by atoms with E-state index in [4.69, 9.17) is 4.74 Å². The van der Waals surface area contributed by atoms with Crippen molar-refractivity contribution in [2.75, 3.05) is 24.3 Å². The van der Waals surface area contributed by atoms with Gasteiger partial charge in [0.15, 0.2) is 0 Å². The molecule has 0 radical (unpaired) electrons. The fraction of sp³-hybridized carbons (Fsp3) is 0.667. The van der Waals surface area contributed by atoms with Crippen LogP contribution in [0.4, 0.5) is 11.9 Å². The van der Waals surface area contributed by atoms with Gasteiger partial charge in [-0.15, -0.1) is 0 Å². The fourth-order valence-electron chi connectivity index (χ4n) is 1.35. The summed E-state index contributed by atoms with van der Waals surface area (Å²) in [6.07, 6.45) is -0.0576. The molecule has 0 aliphatic rings. The number of methoxy groups -OCH3 is 1. The van der Waals surface area contributed by atoms with Crippen LogP contribution in [0.2, 0.25) is 0 Å². The van der Waals surface area contributed by atoms with Crippen molar-refractivity contribution in [3.8, 4) is 6.01 Å². The molecule has 0 saturated heterocycles. The molecule has 0 amide bonds. The SMILES string of the molecule is CCNc1nc(NC(C)C(=O)OC)nc(OC(C)C)n1. The van der Waals surface area contributed by atoms with Crippen molar-refractivity contribution in [3.63, 3.8) is 0 Å². The van der Waals surface area contributed by atoms with Crippen molar-refractivity contribution in [2.24, 2.45) is 0 Å². The van der Waals surface area contributed by atoms with Crippen LogP contribution in [0.3, 0.4) is 0 Å². The van der Waals surface area contributed by atoms with Gasteiger partial charge in [-0.3, -0.25) is 0 Å². The van der Waals surface area contributed by atoms with Crippen LogP contribution in [-0.2, 0) is 9.53 Å². The lowest BCUT2D eigenvalue weighted by Crippen LogP contribution is -2.28. The van der Waals surface area contributed by atoms with E-state index in [-0.39, 0.29) is 18.1 Å². The Bertz CT molecular complexity index is 453. The van der Waals surface area contributed by atoms with E-state index in [0.29, 0.717) is 12.5 Å². The van der Waals surface area contributed by atoms with Crippen LogP contribution in [0.15, 0.2) is 0 Å². The van der Waals surface area contributed by atoms with Gasteiger partial charge >= 0.3 is 12.0 Å². The quantitative estimate of drug-likeness (QED) is 0.717. The minimum atomic E-state index is -0.566. The van der Waals surface area contributed by atoms with Crippen LogP contribution < -0.4 is 15.4 Å². The number of rotatable bonds is 7. The Balaban J connectivity index is 2.93. The van der Waals surface area contributed by atoms with Crippen LogP contribution in [0, 0.1) is 0 Å². The van der Waals surface area contributed by atoms with Crippen molar-refractivity contribution < 1.29 is 14.3 Å². The van der Waals surface area contributed by atoms with E-state index in [1.807, 2.05) is 20.8 Å². The zero-order valence-electron chi connectivity index (χ0n) is 12.4. The van der Waals surface area contributed by atoms with Gasteiger partial charge < -0.3 is 20.1 Å². The average molecular weight is 283 g/mol. The highest BCUT2D eigenvalue weighted by Gasteiger charge is 2.16. The molecule has 1 atom stereocenters. The molecule has 1 rings (SSSR count). The Morgan fingerprint density at radius 2 is 1.85 bits per heavy atom. The molecule has 8 heteroatoms. The molecule has 1 aromatic rings. The third kappa shape index (κ3) is 4.87. The lowest BCUT2D eigenvalue weighted by atomic mass is 10.3. The normalized spacial score (nSPS) is 11.9. The molecule has 0 spiro atoms. The molecule has 0 aromatic carbocycles. The van der Waals surface area contributed by atoms with Crippen molar-refractivity contribution in [1.82, 2.24) is 15.0 Å². The third-order valence-corrected chi connectivity index (χ3v) is 2.19. The minimum Gasteiger partial charge on any atom is -0.467 e. The van der Waals surface area contributed by atoms with Crippen LogP contribution >= 0.6 is 0 Å². The molecule has 0 aliphatic carbocycles. The maximum atomic E-state index is 11.4. The summed E-state index contributed by atoms with van der Waals surface area (Å²) >= 11 is 0. The second-order valence-corrected chi connectivity index (χ2v) is 4.35. The first-order valence-corrected chi connectivity index (χ1v) is 6.47. The third-order valence-electron chi connectivity index (χ3n) is 2.19. The number of esters is 1. The molecule has 0 aliphatic heterocycles. The minimum absolute atomic E-state index is 0.0576. The Morgan fingerprint density at radius 1 is 1.20 bits per heavy atom. The lowest BCUT2D eigenvalue weighted by molar-refractivity contribution is -0.141. The summed E-state index contributed by atoms with van der Waals surface area (Å²) in [6.45, 7) is 8.00. The first kappa shape index (κ1) is 15.9. The van der Waals surface area contributed by atoms with Crippen molar-refractivity contribution in [1.29, 1.82) is 0 Å². The summed E-state index contributed by atoms with van der Waals surface area (Å²) in [4.78, 5) is 23.8. The molecule has 0 bridgehead atoms. The standard InChI is InChI=1S/C12H21N5O3/c1-6-13-10-15-11(14-8(4)9(18)19-5)17-12(16-10)20-7(2)3/h7-8H,6H2,1-5H3,(H2,13,14,15,16,17). The summed E-state index contributed by atoms with van der Waals surface area (Å²) in [7, 11) is 1.32. The maximum absolute atomic E-state index is 11.4. The van der Waals surface area contributed by atoms with Gasteiger partial charge in [0.1, 0.15) is 6.04 Å². The number of anilines is 2. The Labute approximate surface area is 118 Å². The zero-order chi connectivity index (χ0) is 15.1. The van der Waals surface area contributed by atoms with Gasteiger partial charge in [-0.05, 0) is 27.7 Å². The fourth-order valence-corrected chi connectivity index (χ4v) is 1.35. The number of ether oxygens (including phenoxy) is 2. The first-order chi connectivity index (χ1) is 9.46. The van der Waals surface area contributed by atoms with Gasteiger partial charge in [-0.25, -0.2) is 4.79 Å². The molecule has 8 nitrogen and oxygen atoms in total. The van der Waals surface area contributed by atoms with Crippen molar-refractivity contribution >= 4 is 17.9 Å². The predicted octanol–water partition coefficient (Wildman–Crippen LogP) is 1.06. The van der Waals surface area contributed by atoms with E-state index in [1.165, 1.54) is 7.11 Å². The highest BCUT2D eigenvalue weighted by molar-refractivity contribution is 5.77. The van der Waals surface area contributed by atoms with Gasteiger partial charge in [0.2, 0.25) is 11.9 Å². The lowest BCUT2D eigenvalue weighted by Gasteiger charge is -2.14. The summed E-state index contributed by atoms with van der Waals surface area (Å²) in [5.41, 5.74) is 0. The number of nitrogens with zero attached hydrogens (tertiary/aromatic N) is 3. The molecule has 112 valence electrons. The summed E-state index contributed by atoms with van der Waals surface area (Å²) < 4.78 is 10.1. The van der Waals surface area contributed by atoms with Crippen molar-refractivity contribution in [3.05, 3.63) is 0 Å². The highest BCUT2D eigenvalue weighted by Crippen LogP contribution is 2.13. The van der Waals surface area contributed by atoms with E-state index < -0.39 is 12.0 Å². The molecular formula is C12H21N5O3. The number of hydrogen-bond acceptors (Lipinski definition) is 8. The maximum Gasteiger partial charge on any atom is 0.328 e. The van der Waals surface area contributed by atoms with E-state index in [2.05, 4.69) is 30.3 Å². The van der Waals surface area contributed by atoms with Gasteiger partial charge in [0, 0.05) is 6.54 Å². The predicted molar refractivity (Wildman–Crippen MR) is 74.9 cm³/mol. The topological polar surface area (TPSA) is 98.3 Å². The second-order valence-electron chi connectivity index (χ2n) is 4.35. The Morgan fingerprint density at radius 3 is 2.40 bits per heavy atom. The second kappa shape index (κ2) is 7.46. The van der Waals surface area contributed by atoms with Crippen molar-refractivity contribution in [2.45, 2.75) is 39.8 Å². The van der Waals surface area contributed by atoms with E-state index in [1.54, 1.807) is 6.92 Å². The molecule has 0 fully saturated rings. The number of carbonyl (C=O) groups is 1. The summed E-state index contributed by atoms with van der Waals surface area (Å²) in [5.74, 6) is 0.240.